The molecule has 0 aliphatic carbocycles. The zero-order valence-electron chi connectivity index (χ0n) is 22.7. The first-order valence-electron chi connectivity index (χ1n) is 14.5. The minimum absolute atomic E-state index is 0.891. The molecule has 0 aliphatic heterocycles. The lowest BCUT2D eigenvalue weighted by atomic mass is 10.1. The van der Waals surface area contributed by atoms with Crippen LogP contribution in [0.5, 0.6) is 0 Å². The number of furan rings is 1. The summed E-state index contributed by atoms with van der Waals surface area (Å²) in [7, 11) is 0. The summed E-state index contributed by atoms with van der Waals surface area (Å²) in [5, 5.41) is 8.21. The first-order valence-corrected chi connectivity index (χ1v) is 14.5. The Hall–Kier alpha value is -5.94. The van der Waals surface area contributed by atoms with Gasteiger partial charge in [-0.3, -0.25) is 4.40 Å². The van der Waals surface area contributed by atoms with Crippen molar-refractivity contribution < 1.29 is 4.42 Å². The van der Waals surface area contributed by atoms with E-state index in [0.29, 0.717) is 0 Å². The van der Waals surface area contributed by atoms with Gasteiger partial charge in [-0.25, -0.2) is 9.97 Å². The van der Waals surface area contributed by atoms with E-state index in [9.17, 15) is 0 Å². The van der Waals surface area contributed by atoms with Crippen molar-refractivity contribution in [2.45, 2.75) is 0 Å². The largest absolute Gasteiger partial charge is 0.456 e. The van der Waals surface area contributed by atoms with Crippen LogP contribution in [0.2, 0.25) is 0 Å². The summed E-state index contributed by atoms with van der Waals surface area (Å²) in [4.78, 5) is 10.3. The molecule has 6 aromatic carbocycles. The van der Waals surface area contributed by atoms with Crippen LogP contribution in [0.3, 0.4) is 0 Å². The normalized spacial score (nSPS) is 12.7. The third-order valence-corrected chi connectivity index (χ3v) is 9.20. The monoisotopic (exact) mass is 548 g/mol. The van der Waals surface area contributed by atoms with E-state index in [1.807, 2.05) is 36.4 Å². The molecule has 5 nitrogen and oxygen atoms in total. The molecule has 5 heteroatoms. The Morgan fingerprint density at radius 2 is 1.14 bits per heavy atom. The molecule has 0 amide bonds. The molecule has 0 fully saturated rings. The molecule has 198 valence electrons. The van der Waals surface area contributed by atoms with Crippen LogP contribution in [0.4, 0.5) is 0 Å². The molecule has 0 saturated heterocycles. The van der Waals surface area contributed by atoms with Crippen LogP contribution in [-0.4, -0.2) is 18.9 Å². The number of benzene rings is 6. The van der Waals surface area contributed by atoms with Crippen LogP contribution in [0.25, 0.3) is 98.8 Å². The molecule has 0 aliphatic rings. The van der Waals surface area contributed by atoms with Crippen molar-refractivity contribution in [3.05, 3.63) is 121 Å². The van der Waals surface area contributed by atoms with Gasteiger partial charge in [0.05, 0.1) is 33.1 Å². The Kier molecular flexibility index (Phi) is 3.78. The number of rotatable bonds is 1. The summed E-state index contributed by atoms with van der Waals surface area (Å²) in [5.41, 5.74) is 11.1. The smallest absolute Gasteiger partial charge is 0.165 e. The van der Waals surface area contributed by atoms with Crippen molar-refractivity contribution in [1.29, 1.82) is 0 Å². The maximum Gasteiger partial charge on any atom is 0.165 e. The van der Waals surface area contributed by atoms with Crippen molar-refractivity contribution in [2.75, 3.05) is 0 Å². The molecule has 0 saturated carbocycles. The van der Waals surface area contributed by atoms with Gasteiger partial charge in [0, 0.05) is 49.5 Å². The average Bonchev–Trinajstić information content (AvgIpc) is 3.77. The van der Waals surface area contributed by atoms with Crippen LogP contribution < -0.4 is 0 Å². The third-order valence-electron chi connectivity index (χ3n) is 9.20. The van der Waals surface area contributed by atoms with Crippen molar-refractivity contribution in [2.24, 2.45) is 0 Å². The minimum Gasteiger partial charge on any atom is -0.456 e. The van der Waals surface area contributed by atoms with E-state index >= 15 is 0 Å². The summed E-state index contributed by atoms with van der Waals surface area (Å²) < 4.78 is 11.0. The third kappa shape index (κ3) is 2.63. The van der Waals surface area contributed by atoms with Crippen LogP contribution in [-0.2, 0) is 0 Å². The van der Waals surface area contributed by atoms with Gasteiger partial charge in [0.2, 0.25) is 0 Å². The van der Waals surface area contributed by atoms with Crippen LogP contribution in [0.15, 0.2) is 126 Å². The van der Waals surface area contributed by atoms with E-state index in [2.05, 4.69) is 93.9 Å². The van der Waals surface area contributed by atoms with Crippen LogP contribution >= 0.6 is 0 Å². The van der Waals surface area contributed by atoms with E-state index in [1.54, 1.807) is 0 Å². The topological polar surface area (TPSA) is 48.3 Å². The maximum absolute atomic E-state index is 6.37. The van der Waals surface area contributed by atoms with Gasteiger partial charge in [-0.2, -0.15) is 0 Å². The zero-order valence-corrected chi connectivity index (χ0v) is 22.7. The number of para-hydroxylation sites is 5. The molecule has 0 spiro atoms. The summed E-state index contributed by atoms with van der Waals surface area (Å²) in [6.45, 7) is 0. The van der Waals surface area contributed by atoms with Crippen LogP contribution in [0, 0.1) is 0 Å². The lowest BCUT2D eigenvalue weighted by Gasteiger charge is -2.09. The van der Waals surface area contributed by atoms with Gasteiger partial charge in [-0.15, -0.1) is 0 Å². The number of aromatic nitrogens is 4. The minimum atomic E-state index is 0.891. The molecule has 5 heterocycles. The highest BCUT2D eigenvalue weighted by Gasteiger charge is 2.23. The fraction of sp³-hybridized carbons (Fsp3) is 0. The maximum atomic E-state index is 6.37. The molecule has 5 aromatic heterocycles. The van der Waals surface area contributed by atoms with Crippen molar-refractivity contribution >= 4 is 93.1 Å². The highest BCUT2D eigenvalue weighted by atomic mass is 16.3. The zero-order chi connectivity index (χ0) is 27.8. The fourth-order valence-electron chi connectivity index (χ4n) is 7.40. The Morgan fingerprint density at radius 3 is 2.00 bits per heavy atom. The van der Waals surface area contributed by atoms with E-state index in [0.717, 1.165) is 77.3 Å². The SMILES string of the molecule is c1ccc2nc3c(nc2c1)c1cc(-n2c4ccccc4c4cc5c(cc42)oc2ccccc25)cc2c4ccccc4n3c21. The van der Waals surface area contributed by atoms with Gasteiger partial charge in [0.1, 0.15) is 16.7 Å². The van der Waals surface area contributed by atoms with Crippen molar-refractivity contribution in [3.8, 4) is 5.69 Å². The molecule has 11 aromatic rings. The van der Waals surface area contributed by atoms with E-state index < -0.39 is 0 Å². The highest BCUT2D eigenvalue weighted by molar-refractivity contribution is 6.24. The molecule has 0 atom stereocenters. The lowest BCUT2D eigenvalue weighted by Crippen LogP contribution is -1.94. The number of nitrogens with zero attached hydrogens (tertiary/aromatic N) is 4. The second-order valence-corrected chi connectivity index (χ2v) is 11.4. The first-order chi connectivity index (χ1) is 21.3. The highest BCUT2D eigenvalue weighted by Crippen LogP contribution is 2.43. The predicted molar refractivity (Wildman–Crippen MR) is 176 cm³/mol. The number of hydrogen-bond donors (Lipinski definition) is 0. The molecule has 0 radical (unpaired) electrons. The van der Waals surface area contributed by atoms with Gasteiger partial charge >= 0.3 is 0 Å². The number of fused-ring (bicyclic) bond motifs is 13. The predicted octanol–water partition coefficient (Wildman–Crippen LogP) is 9.78. The van der Waals surface area contributed by atoms with E-state index in [-0.39, 0.29) is 0 Å². The Labute approximate surface area is 243 Å². The summed E-state index contributed by atoms with van der Waals surface area (Å²) >= 11 is 0. The summed E-state index contributed by atoms with van der Waals surface area (Å²) in [6.07, 6.45) is 0. The summed E-state index contributed by atoms with van der Waals surface area (Å²) in [5.74, 6) is 0. The Morgan fingerprint density at radius 1 is 0.465 bits per heavy atom. The van der Waals surface area contributed by atoms with E-state index in [1.165, 1.54) is 21.5 Å². The molecular weight excluding hydrogens is 528 g/mol. The van der Waals surface area contributed by atoms with Crippen molar-refractivity contribution in [3.63, 3.8) is 0 Å². The second kappa shape index (κ2) is 7.46. The average molecular weight is 549 g/mol. The quantitative estimate of drug-likeness (QED) is 0.205. The molecule has 43 heavy (non-hydrogen) atoms. The van der Waals surface area contributed by atoms with Crippen molar-refractivity contribution in [1.82, 2.24) is 18.9 Å². The van der Waals surface area contributed by atoms with Crippen LogP contribution in [0.1, 0.15) is 0 Å². The number of hydrogen-bond acceptors (Lipinski definition) is 3. The second-order valence-electron chi connectivity index (χ2n) is 11.4. The van der Waals surface area contributed by atoms with E-state index in [4.69, 9.17) is 14.4 Å². The summed E-state index contributed by atoms with van der Waals surface area (Å²) in [6, 6.07) is 42.8. The Balaban J connectivity index is 1.34. The van der Waals surface area contributed by atoms with Gasteiger partial charge < -0.3 is 8.98 Å². The molecular formula is C38H20N4O. The standard InChI is InChI=1S/C38H20N4O/c1-6-14-31-22(9-1)25-19-26-24-11-3-8-16-34(24)43-35(26)20-33(25)41(31)21-17-27-23-10-2-7-15-32(23)42-37(27)28(18-21)36-38(42)40-30-13-5-4-12-29(30)39-36/h1-20H. The Bertz CT molecular complexity index is 2960. The molecule has 0 unspecified atom stereocenters. The van der Waals surface area contributed by atoms with Gasteiger partial charge in [-0.05, 0) is 48.5 Å². The lowest BCUT2D eigenvalue weighted by molar-refractivity contribution is 0.669. The molecule has 0 N–H and O–H groups in total. The van der Waals surface area contributed by atoms with Gasteiger partial charge in [0.15, 0.2) is 5.65 Å². The fourth-order valence-corrected chi connectivity index (χ4v) is 7.40. The molecule has 11 rings (SSSR count). The molecule has 0 bridgehead atoms. The first kappa shape index (κ1) is 21.8. The van der Waals surface area contributed by atoms with Gasteiger partial charge in [0.25, 0.3) is 0 Å². The van der Waals surface area contributed by atoms with Gasteiger partial charge in [-0.1, -0.05) is 66.7 Å².